The molecule has 0 saturated carbocycles. The summed E-state index contributed by atoms with van der Waals surface area (Å²) < 4.78 is 5.82. The maximum atomic E-state index is 5.82. The van der Waals surface area contributed by atoms with Crippen molar-refractivity contribution >= 4 is 5.69 Å². The molecule has 3 heteroatoms. The number of nitrogens with one attached hydrogen (secondary N) is 1. The molecule has 0 radical (unpaired) electrons. The lowest BCUT2D eigenvalue weighted by atomic mass is 9.93. The minimum Gasteiger partial charge on any atom is -0.370 e. The van der Waals surface area contributed by atoms with Crippen LogP contribution in [0.2, 0.25) is 0 Å². The number of rotatable bonds is 1. The Morgan fingerprint density at radius 3 is 3.07 bits per heavy atom. The van der Waals surface area contributed by atoms with Crippen LogP contribution in [0.4, 0.5) is 5.69 Å². The fourth-order valence-electron chi connectivity index (χ4n) is 3.03. The molecule has 1 aromatic rings. The number of nitrogens with zero attached hydrogens (tertiary/aromatic N) is 1. The number of hydrogen-bond donors (Lipinski definition) is 1. The number of hydrogen-bond acceptors (Lipinski definition) is 3. The van der Waals surface area contributed by atoms with E-state index in [1.807, 2.05) is 7.11 Å². The highest BCUT2D eigenvalue weighted by Crippen LogP contribution is 2.48. The van der Waals surface area contributed by atoms with Crippen LogP contribution < -0.4 is 10.2 Å². The van der Waals surface area contributed by atoms with E-state index in [-0.39, 0.29) is 5.60 Å². The van der Waals surface area contributed by atoms with Crippen molar-refractivity contribution in [1.29, 1.82) is 0 Å². The van der Waals surface area contributed by atoms with E-state index in [2.05, 4.69) is 41.5 Å². The van der Waals surface area contributed by atoms with Crippen LogP contribution in [0.15, 0.2) is 24.3 Å². The fourth-order valence-corrected chi connectivity index (χ4v) is 3.03. The van der Waals surface area contributed by atoms with Crippen molar-refractivity contribution in [3.05, 3.63) is 29.8 Å². The minimum absolute atomic E-state index is 0.134. The van der Waals surface area contributed by atoms with Crippen molar-refractivity contribution in [1.82, 2.24) is 5.32 Å². The third-order valence-electron chi connectivity index (χ3n) is 3.77. The minimum atomic E-state index is -0.134. The van der Waals surface area contributed by atoms with Gasteiger partial charge in [-0.15, -0.1) is 0 Å². The van der Waals surface area contributed by atoms with Gasteiger partial charge in [0.05, 0.1) is 0 Å². The van der Waals surface area contributed by atoms with Crippen molar-refractivity contribution in [2.75, 3.05) is 25.6 Å². The monoisotopic (exact) mass is 204 g/mol. The molecule has 0 aliphatic carbocycles. The van der Waals surface area contributed by atoms with E-state index >= 15 is 0 Å². The van der Waals surface area contributed by atoms with Crippen molar-refractivity contribution in [2.24, 2.45) is 0 Å². The maximum Gasteiger partial charge on any atom is 0.129 e. The molecule has 0 bridgehead atoms. The first-order chi connectivity index (χ1) is 7.29. The molecule has 2 heterocycles. The second kappa shape index (κ2) is 2.97. The van der Waals surface area contributed by atoms with Crippen molar-refractivity contribution in [3.63, 3.8) is 0 Å². The van der Waals surface area contributed by atoms with E-state index in [1.54, 1.807) is 0 Å². The molecule has 3 rings (SSSR count). The Morgan fingerprint density at radius 2 is 2.27 bits per heavy atom. The Labute approximate surface area is 90.0 Å². The lowest BCUT2D eigenvalue weighted by Gasteiger charge is -2.30. The lowest BCUT2D eigenvalue weighted by Crippen LogP contribution is -2.46. The van der Waals surface area contributed by atoms with E-state index in [9.17, 15) is 0 Å². The number of likely N-dealkylation sites (N-methyl/N-ethyl adjacent to an activating group) is 1. The van der Waals surface area contributed by atoms with Crippen LogP contribution in [0.25, 0.3) is 0 Å². The van der Waals surface area contributed by atoms with E-state index < -0.39 is 0 Å². The summed E-state index contributed by atoms with van der Waals surface area (Å²) in [6, 6.07) is 8.52. The number of methoxy groups -OCH3 is 1. The van der Waals surface area contributed by atoms with E-state index in [0.717, 1.165) is 13.0 Å². The van der Waals surface area contributed by atoms with Gasteiger partial charge < -0.3 is 9.64 Å². The number of anilines is 1. The van der Waals surface area contributed by atoms with Gasteiger partial charge in [0.2, 0.25) is 0 Å². The highest BCUT2D eigenvalue weighted by Gasteiger charge is 2.53. The first-order valence-corrected chi connectivity index (χ1v) is 5.40. The Hall–Kier alpha value is -1.06. The Morgan fingerprint density at radius 1 is 1.47 bits per heavy atom. The molecular formula is C12H16N2O. The van der Waals surface area contributed by atoms with Gasteiger partial charge in [-0.25, -0.2) is 0 Å². The smallest absolute Gasteiger partial charge is 0.129 e. The summed E-state index contributed by atoms with van der Waals surface area (Å²) in [6.45, 7) is 1.02. The molecule has 2 atom stereocenters. The summed E-state index contributed by atoms with van der Waals surface area (Å²) in [7, 11) is 3.94. The third kappa shape index (κ3) is 0.971. The molecule has 3 nitrogen and oxygen atoms in total. The summed E-state index contributed by atoms with van der Waals surface area (Å²) in [6.07, 6.45) is 1.34. The van der Waals surface area contributed by atoms with Gasteiger partial charge >= 0.3 is 0 Å². The summed E-state index contributed by atoms with van der Waals surface area (Å²) in [5.41, 5.74) is 2.48. The quantitative estimate of drug-likeness (QED) is 0.746. The van der Waals surface area contributed by atoms with Gasteiger partial charge in [-0.2, -0.15) is 0 Å². The highest BCUT2D eigenvalue weighted by atomic mass is 16.5. The molecule has 1 N–H and O–H groups in total. The SMILES string of the molecule is CO[C@]12CCN[C@H]1N(C)c1ccccc12. The van der Waals surface area contributed by atoms with Crippen LogP contribution in [0.5, 0.6) is 0 Å². The topological polar surface area (TPSA) is 24.5 Å². The lowest BCUT2D eigenvalue weighted by molar-refractivity contribution is -0.0156. The van der Waals surface area contributed by atoms with Crippen LogP contribution in [-0.2, 0) is 10.3 Å². The molecule has 1 saturated heterocycles. The molecule has 1 fully saturated rings. The average molecular weight is 204 g/mol. The second-order valence-electron chi connectivity index (χ2n) is 4.33. The van der Waals surface area contributed by atoms with E-state index in [4.69, 9.17) is 4.74 Å². The van der Waals surface area contributed by atoms with E-state index in [1.165, 1.54) is 11.3 Å². The van der Waals surface area contributed by atoms with E-state index in [0.29, 0.717) is 6.17 Å². The molecule has 0 unspecified atom stereocenters. The Kier molecular flexibility index (Phi) is 1.82. The van der Waals surface area contributed by atoms with Crippen LogP contribution in [0.3, 0.4) is 0 Å². The van der Waals surface area contributed by atoms with Crippen LogP contribution in [0.1, 0.15) is 12.0 Å². The normalized spacial score (nSPS) is 32.9. The molecule has 15 heavy (non-hydrogen) atoms. The zero-order valence-corrected chi connectivity index (χ0v) is 9.16. The molecule has 80 valence electrons. The standard InChI is InChI=1S/C12H16N2O/c1-14-10-6-4-3-5-9(10)12(15-2)7-8-13-11(12)14/h3-6,11,13H,7-8H2,1-2H3/t11-,12-/m0/s1. The third-order valence-corrected chi connectivity index (χ3v) is 3.77. The van der Waals surface area contributed by atoms with Crippen molar-refractivity contribution in [2.45, 2.75) is 18.2 Å². The van der Waals surface area contributed by atoms with Gasteiger partial charge in [0.25, 0.3) is 0 Å². The van der Waals surface area contributed by atoms with Gasteiger partial charge in [0.1, 0.15) is 11.8 Å². The number of benzene rings is 1. The summed E-state index contributed by atoms with van der Waals surface area (Å²) in [5, 5.41) is 3.51. The van der Waals surface area contributed by atoms with Crippen molar-refractivity contribution < 1.29 is 4.74 Å². The number of para-hydroxylation sites is 1. The number of ether oxygens (including phenoxy) is 1. The maximum absolute atomic E-state index is 5.82. The van der Waals surface area contributed by atoms with Crippen LogP contribution in [0, 0.1) is 0 Å². The van der Waals surface area contributed by atoms with Crippen LogP contribution >= 0.6 is 0 Å². The molecule has 0 aromatic heterocycles. The predicted molar refractivity (Wildman–Crippen MR) is 59.9 cm³/mol. The summed E-state index contributed by atoms with van der Waals surface area (Å²) in [4.78, 5) is 2.28. The second-order valence-corrected chi connectivity index (χ2v) is 4.33. The summed E-state index contributed by atoms with van der Waals surface area (Å²) in [5.74, 6) is 0. The molecule has 2 aliphatic rings. The first kappa shape index (κ1) is 9.19. The molecule has 0 amide bonds. The van der Waals surface area contributed by atoms with Gasteiger partial charge in [0, 0.05) is 32.0 Å². The van der Waals surface area contributed by atoms with Gasteiger partial charge in [-0.3, -0.25) is 5.32 Å². The number of fused-ring (bicyclic) bond motifs is 3. The highest BCUT2D eigenvalue weighted by molar-refractivity contribution is 5.63. The zero-order chi connectivity index (χ0) is 10.5. The summed E-state index contributed by atoms with van der Waals surface area (Å²) >= 11 is 0. The molecular weight excluding hydrogens is 188 g/mol. The molecule has 2 aliphatic heterocycles. The van der Waals surface area contributed by atoms with Gasteiger partial charge in [0.15, 0.2) is 0 Å². The Balaban J connectivity index is 2.20. The van der Waals surface area contributed by atoms with Crippen molar-refractivity contribution in [3.8, 4) is 0 Å². The zero-order valence-electron chi connectivity index (χ0n) is 9.16. The average Bonchev–Trinajstić information content (AvgIpc) is 2.80. The van der Waals surface area contributed by atoms with Crippen LogP contribution in [-0.4, -0.2) is 26.9 Å². The Bertz CT molecular complexity index is 393. The van der Waals surface area contributed by atoms with Gasteiger partial charge in [-0.05, 0) is 12.5 Å². The first-order valence-electron chi connectivity index (χ1n) is 5.40. The molecule has 0 spiro atoms. The molecule has 1 aromatic carbocycles. The largest absolute Gasteiger partial charge is 0.370 e. The van der Waals surface area contributed by atoms with Gasteiger partial charge in [-0.1, -0.05) is 18.2 Å². The fraction of sp³-hybridized carbons (Fsp3) is 0.500. The predicted octanol–water partition coefficient (Wildman–Crippen LogP) is 1.30.